The third-order valence-electron chi connectivity index (χ3n) is 3.09. The van der Waals surface area contributed by atoms with Gasteiger partial charge in [0.05, 0.1) is 6.54 Å². The van der Waals surface area contributed by atoms with Crippen molar-refractivity contribution in [1.82, 2.24) is 5.32 Å². The largest absolute Gasteiger partial charge is 0.376 e. The zero-order chi connectivity index (χ0) is 13.0. The quantitative estimate of drug-likeness (QED) is 0.729. The molecule has 1 aromatic carbocycles. The molecule has 1 aliphatic carbocycles. The van der Waals surface area contributed by atoms with E-state index >= 15 is 0 Å². The van der Waals surface area contributed by atoms with Crippen LogP contribution in [0.3, 0.4) is 0 Å². The number of nitrogens with one attached hydrogen (secondary N) is 2. The highest BCUT2D eigenvalue weighted by Crippen LogP contribution is 2.22. The summed E-state index contributed by atoms with van der Waals surface area (Å²) in [4.78, 5) is 11.7. The molecule has 0 saturated heterocycles. The van der Waals surface area contributed by atoms with Gasteiger partial charge in [-0.15, -0.1) is 0 Å². The van der Waals surface area contributed by atoms with Crippen LogP contribution in [-0.4, -0.2) is 18.5 Å². The maximum Gasteiger partial charge on any atom is 0.239 e. The predicted molar refractivity (Wildman–Crippen MR) is 85.7 cm³/mol. The van der Waals surface area contributed by atoms with Crippen molar-refractivity contribution in [3.63, 3.8) is 0 Å². The van der Waals surface area contributed by atoms with Gasteiger partial charge in [0.25, 0.3) is 0 Å². The van der Waals surface area contributed by atoms with Gasteiger partial charge < -0.3 is 10.6 Å². The number of carbonyl (C=O) groups is 1. The molecule has 98 valence electrons. The molecule has 1 saturated carbocycles. The van der Waals surface area contributed by atoms with Crippen molar-refractivity contribution in [2.75, 3.05) is 11.9 Å². The first-order valence-electron chi connectivity index (χ1n) is 6.13. The van der Waals surface area contributed by atoms with E-state index in [-0.39, 0.29) is 5.91 Å². The topological polar surface area (TPSA) is 41.1 Å². The Balaban J connectivity index is 1.79. The number of amides is 1. The fourth-order valence-corrected chi connectivity index (χ4v) is 2.90. The highest BCUT2D eigenvalue weighted by molar-refractivity contribution is 14.1. The Hall–Kier alpha value is -0.300. The molecule has 5 heteroatoms. The molecule has 0 aliphatic heterocycles. The van der Waals surface area contributed by atoms with E-state index in [4.69, 9.17) is 0 Å². The van der Waals surface area contributed by atoms with Crippen molar-refractivity contribution in [3.8, 4) is 0 Å². The second-order valence-electron chi connectivity index (χ2n) is 4.53. The second kappa shape index (κ2) is 6.75. The van der Waals surface area contributed by atoms with Crippen molar-refractivity contribution in [2.24, 2.45) is 0 Å². The van der Waals surface area contributed by atoms with Crippen molar-refractivity contribution in [1.29, 1.82) is 0 Å². The van der Waals surface area contributed by atoms with Crippen molar-refractivity contribution >= 4 is 50.1 Å². The average Bonchev–Trinajstić information content (AvgIpc) is 2.83. The number of halogens is 2. The first-order chi connectivity index (χ1) is 8.65. The monoisotopic (exact) mass is 422 g/mol. The maximum atomic E-state index is 11.7. The van der Waals surface area contributed by atoms with Gasteiger partial charge >= 0.3 is 0 Å². The first-order valence-corrected chi connectivity index (χ1v) is 8.00. The normalized spacial score (nSPS) is 15.7. The van der Waals surface area contributed by atoms with Gasteiger partial charge in [-0.1, -0.05) is 12.8 Å². The van der Waals surface area contributed by atoms with Crippen LogP contribution in [0, 0.1) is 3.57 Å². The van der Waals surface area contributed by atoms with E-state index in [0.717, 1.165) is 26.6 Å². The molecule has 18 heavy (non-hydrogen) atoms. The third kappa shape index (κ3) is 4.12. The van der Waals surface area contributed by atoms with Gasteiger partial charge in [0, 0.05) is 19.8 Å². The van der Waals surface area contributed by atoms with Gasteiger partial charge in [0.15, 0.2) is 0 Å². The summed E-state index contributed by atoms with van der Waals surface area (Å²) in [6.45, 7) is 0.341. The molecule has 2 rings (SSSR count). The number of anilines is 1. The summed E-state index contributed by atoms with van der Waals surface area (Å²) >= 11 is 5.71. The lowest BCUT2D eigenvalue weighted by Gasteiger charge is -2.13. The molecular weight excluding hydrogens is 407 g/mol. The van der Waals surface area contributed by atoms with Gasteiger partial charge in [0.2, 0.25) is 5.91 Å². The fraction of sp³-hybridized carbons (Fsp3) is 0.462. The minimum atomic E-state index is 0.0832. The van der Waals surface area contributed by atoms with E-state index in [1.807, 2.05) is 18.2 Å². The highest BCUT2D eigenvalue weighted by atomic mass is 127. The molecule has 0 spiro atoms. The van der Waals surface area contributed by atoms with E-state index in [0.29, 0.717) is 12.6 Å². The standard InChI is InChI=1S/C13H16BrIN2O/c14-11-6-5-10(7-12(11)15)16-8-13(18)17-9-3-1-2-4-9/h5-7,9,16H,1-4,8H2,(H,17,18). The Kier molecular flexibility index (Phi) is 5.29. The van der Waals surface area contributed by atoms with Crippen LogP contribution in [0.1, 0.15) is 25.7 Å². The number of hydrogen-bond acceptors (Lipinski definition) is 2. The summed E-state index contributed by atoms with van der Waals surface area (Å²) in [5.74, 6) is 0.0832. The molecule has 1 fully saturated rings. The molecule has 0 unspecified atom stereocenters. The fourth-order valence-electron chi connectivity index (χ4n) is 2.14. The van der Waals surface area contributed by atoms with Crippen LogP contribution < -0.4 is 10.6 Å². The van der Waals surface area contributed by atoms with Crippen LogP contribution in [0.2, 0.25) is 0 Å². The van der Waals surface area contributed by atoms with Crippen molar-refractivity contribution in [3.05, 3.63) is 26.2 Å². The molecule has 0 bridgehead atoms. The second-order valence-corrected chi connectivity index (χ2v) is 6.55. The van der Waals surface area contributed by atoms with E-state index in [2.05, 4.69) is 49.2 Å². The van der Waals surface area contributed by atoms with E-state index < -0.39 is 0 Å². The Morgan fingerprint density at radius 3 is 2.78 bits per heavy atom. The van der Waals surface area contributed by atoms with Crippen LogP contribution in [0.5, 0.6) is 0 Å². The zero-order valence-electron chi connectivity index (χ0n) is 10.0. The summed E-state index contributed by atoms with van der Waals surface area (Å²) in [5.41, 5.74) is 0.976. The van der Waals surface area contributed by atoms with E-state index in [1.54, 1.807) is 0 Å². The molecule has 1 amide bonds. The van der Waals surface area contributed by atoms with E-state index in [1.165, 1.54) is 12.8 Å². The Bertz CT molecular complexity index is 433. The summed E-state index contributed by atoms with van der Waals surface area (Å²) in [7, 11) is 0. The average molecular weight is 423 g/mol. The van der Waals surface area contributed by atoms with Crippen molar-refractivity contribution in [2.45, 2.75) is 31.7 Å². The van der Waals surface area contributed by atoms with Crippen LogP contribution in [0.15, 0.2) is 22.7 Å². The maximum absolute atomic E-state index is 11.7. The minimum absolute atomic E-state index is 0.0832. The van der Waals surface area contributed by atoms with Crippen LogP contribution >= 0.6 is 38.5 Å². The Morgan fingerprint density at radius 1 is 1.39 bits per heavy atom. The van der Waals surface area contributed by atoms with Crippen LogP contribution in [0.25, 0.3) is 0 Å². The molecule has 0 radical (unpaired) electrons. The molecule has 0 heterocycles. The van der Waals surface area contributed by atoms with Crippen LogP contribution in [-0.2, 0) is 4.79 Å². The number of rotatable bonds is 4. The summed E-state index contributed by atoms with van der Waals surface area (Å²) < 4.78 is 2.21. The Labute approximate surface area is 129 Å². The smallest absolute Gasteiger partial charge is 0.239 e. The number of carbonyl (C=O) groups excluding carboxylic acids is 1. The van der Waals surface area contributed by atoms with Gasteiger partial charge in [-0.25, -0.2) is 0 Å². The molecular formula is C13H16BrIN2O. The third-order valence-corrected chi connectivity index (χ3v) is 5.42. The summed E-state index contributed by atoms with van der Waals surface area (Å²) in [6, 6.07) is 6.37. The lowest BCUT2D eigenvalue weighted by Crippen LogP contribution is -2.36. The van der Waals surface area contributed by atoms with Gasteiger partial charge in [-0.2, -0.15) is 0 Å². The molecule has 3 nitrogen and oxygen atoms in total. The molecule has 0 atom stereocenters. The highest BCUT2D eigenvalue weighted by Gasteiger charge is 2.16. The number of hydrogen-bond donors (Lipinski definition) is 2. The summed E-state index contributed by atoms with van der Waals surface area (Å²) in [6.07, 6.45) is 4.73. The van der Waals surface area contributed by atoms with E-state index in [9.17, 15) is 4.79 Å². The number of benzene rings is 1. The van der Waals surface area contributed by atoms with Gasteiger partial charge in [-0.05, 0) is 69.6 Å². The van der Waals surface area contributed by atoms with Gasteiger partial charge in [-0.3, -0.25) is 4.79 Å². The van der Waals surface area contributed by atoms with Crippen molar-refractivity contribution < 1.29 is 4.79 Å². The first kappa shape index (κ1) is 14.1. The molecule has 2 N–H and O–H groups in total. The van der Waals surface area contributed by atoms with Gasteiger partial charge in [0.1, 0.15) is 0 Å². The predicted octanol–water partition coefficient (Wildman–Crippen LogP) is 3.52. The molecule has 1 aromatic rings. The Morgan fingerprint density at radius 2 is 2.11 bits per heavy atom. The minimum Gasteiger partial charge on any atom is -0.376 e. The lowest BCUT2D eigenvalue weighted by atomic mass is 10.2. The SMILES string of the molecule is O=C(CNc1ccc(Br)c(I)c1)NC1CCCC1. The van der Waals surface area contributed by atoms with Crippen LogP contribution in [0.4, 0.5) is 5.69 Å². The zero-order valence-corrected chi connectivity index (χ0v) is 13.8. The molecule has 0 aromatic heterocycles. The lowest BCUT2D eigenvalue weighted by molar-refractivity contribution is -0.120. The molecule has 1 aliphatic rings. The summed E-state index contributed by atoms with van der Waals surface area (Å²) in [5, 5.41) is 6.21.